The normalized spacial score (nSPS) is 10.3. The average Bonchev–Trinajstić information content (AvgIpc) is 2.36. The Hall–Kier alpha value is -2.02. The van der Waals surface area contributed by atoms with Gasteiger partial charge in [-0.2, -0.15) is 0 Å². The summed E-state index contributed by atoms with van der Waals surface area (Å²) in [6.45, 7) is 0.241. The third-order valence-corrected chi connectivity index (χ3v) is 2.81. The third-order valence-electron chi connectivity index (χ3n) is 2.26. The highest BCUT2D eigenvalue weighted by Gasteiger charge is 2.05. The molecule has 6 nitrogen and oxygen atoms in total. The maximum absolute atomic E-state index is 11.7. The number of hydrogen-bond acceptors (Lipinski definition) is 4. The molecular weight excluding hydrogens is 302 g/mol. The highest BCUT2D eigenvalue weighted by atomic mass is 79.9. The highest BCUT2D eigenvalue weighted by molar-refractivity contribution is 9.10. The maximum atomic E-state index is 11.7. The molecule has 0 spiro atoms. The number of halogens is 1. The first-order valence-electron chi connectivity index (χ1n) is 4.96. The quantitative estimate of drug-likeness (QED) is 0.919. The molecule has 92 valence electrons. The van der Waals surface area contributed by atoms with Crippen LogP contribution < -0.4 is 5.56 Å². The molecular formula is C11H8BrN3O3. The predicted molar refractivity (Wildman–Crippen MR) is 66.5 cm³/mol. The lowest BCUT2D eigenvalue weighted by Gasteiger charge is -2.04. The monoisotopic (exact) mass is 309 g/mol. The van der Waals surface area contributed by atoms with E-state index < -0.39 is 5.97 Å². The molecule has 2 aromatic rings. The molecule has 0 atom stereocenters. The molecule has 1 N–H and O–H groups in total. The SMILES string of the molecule is O=C(O)c1ccc(Cn2cncc(Br)c2=O)nc1. The molecule has 18 heavy (non-hydrogen) atoms. The first-order chi connectivity index (χ1) is 8.58. The number of aromatic nitrogens is 3. The third kappa shape index (κ3) is 2.62. The molecule has 2 heterocycles. The van der Waals surface area contributed by atoms with Gasteiger partial charge in [-0.15, -0.1) is 0 Å². The lowest BCUT2D eigenvalue weighted by molar-refractivity contribution is 0.0696. The standard InChI is InChI=1S/C11H8BrN3O3/c12-9-4-13-6-15(10(9)16)5-8-2-1-7(3-14-8)11(17)18/h1-4,6H,5H2,(H,17,18). The van der Waals surface area contributed by atoms with Gasteiger partial charge >= 0.3 is 5.97 Å². The van der Waals surface area contributed by atoms with Gasteiger partial charge in [-0.3, -0.25) is 14.3 Å². The Morgan fingerprint density at radius 1 is 1.39 bits per heavy atom. The van der Waals surface area contributed by atoms with E-state index in [-0.39, 0.29) is 17.7 Å². The van der Waals surface area contributed by atoms with Crippen molar-refractivity contribution in [1.82, 2.24) is 14.5 Å². The fourth-order valence-corrected chi connectivity index (χ4v) is 1.70. The second kappa shape index (κ2) is 5.09. The predicted octanol–water partition coefficient (Wildman–Crippen LogP) is 1.15. The molecule has 0 saturated heterocycles. The van der Waals surface area contributed by atoms with Crippen molar-refractivity contribution in [2.45, 2.75) is 6.54 Å². The summed E-state index contributed by atoms with van der Waals surface area (Å²) in [4.78, 5) is 30.2. The van der Waals surface area contributed by atoms with Crippen molar-refractivity contribution in [2.24, 2.45) is 0 Å². The topological polar surface area (TPSA) is 85.1 Å². The van der Waals surface area contributed by atoms with Gasteiger partial charge in [-0.25, -0.2) is 9.78 Å². The molecule has 0 fully saturated rings. The molecule has 0 unspecified atom stereocenters. The van der Waals surface area contributed by atoms with Gasteiger partial charge in [0.15, 0.2) is 0 Å². The van der Waals surface area contributed by atoms with E-state index in [4.69, 9.17) is 5.11 Å². The number of nitrogens with zero attached hydrogens (tertiary/aromatic N) is 3. The van der Waals surface area contributed by atoms with Gasteiger partial charge in [0.05, 0.1) is 24.1 Å². The van der Waals surface area contributed by atoms with Gasteiger partial charge < -0.3 is 5.11 Å². The van der Waals surface area contributed by atoms with Crippen LogP contribution in [0, 0.1) is 0 Å². The molecule has 0 bridgehead atoms. The zero-order chi connectivity index (χ0) is 13.1. The van der Waals surface area contributed by atoms with Crippen molar-refractivity contribution in [2.75, 3.05) is 0 Å². The Morgan fingerprint density at radius 3 is 2.78 bits per heavy atom. The number of pyridine rings is 1. The summed E-state index contributed by atoms with van der Waals surface area (Å²) in [7, 11) is 0. The minimum absolute atomic E-state index is 0.110. The number of hydrogen-bond donors (Lipinski definition) is 1. The van der Waals surface area contributed by atoms with Crippen LogP contribution in [0.1, 0.15) is 16.1 Å². The van der Waals surface area contributed by atoms with Crippen LogP contribution in [0.25, 0.3) is 0 Å². The molecule has 7 heteroatoms. The Labute approximate surface area is 110 Å². The Kier molecular flexibility index (Phi) is 3.52. The van der Waals surface area contributed by atoms with E-state index in [0.29, 0.717) is 10.2 Å². The van der Waals surface area contributed by atoms with Crippen molar-refractivity contribution >= 4 is 21.9 Å². The van der Waals surface area contributed by atoms with Crippen LogP contribution in [0.3, 0.4) is 0 Å². The van der Waals surface area contributed by atoms with Gasteiger partial charge in [0.25, 0.3) is 5.56 Å². The molecule has 0 radical (unpaired) electrons. The van der Waals surface area contributed by atoms with E-state index in [2.05, 4.69) is 25.9 Å². The minimum Gasteiger partial charge on any atom is -0.478 e. The van der Waals surface area contributed by atoms with Crippen LogP contribution in [-0.4, -0.2) is 25.6 Å². The van der Waals surface area contributed by atoms with E-state index in [1.165, 1.54) is 29.4 Å². The van der Waals surface area contributed by atoms with Gasteiger partial charge in [-0.05, 0) is 28.1 Å². The summed E-state index contributed by atoms with van der Waals surface area (Å²) in [5, 5.41) is 8.73. The second-order valence-electron chi connectivity index (χ2n) is 3.52. The summed E-state index contributed by atoms with van der Waals surface area (Å²) >= 11 is 3.10. The number of carboxylic acid groups (broad SMARTS) is 1. The lowest BCUT2D eigenvalue weighted by atomic mass is 10.2. The van der Waals surface area contributed by atoms with Gasteiger partial charge in [0.2, 0.25) is 0 Å². The zero-order valence-corrected chi connectivity index (χ0v) is 10.7. The van der Waals surface area contributed by atoms with Crippen LogP contribution in [0.5, 0.6) is 0 Å². The molecule has 0 aliphatic heterocycles. The Bertz CT molecular complexity index is 637. The second-order valence-corrected chi connectivity index (χ2v) is 4.37. The van der Waals surface area contributed by atoms with Crippen LogP contribution >= 0.6 is 15.9 Å². The van der Waals surface area contributed by atoms with Crippen molar-refractivity contribution in [3.05, 3.63) is 56.9 Å². The van der Waals surface area contributed by atoms with Crippen LogP contribution in [0.4, 0.5) is 0 Å². The van der Waals surface area contributed by atoms with E-state index in [9.17, 15) is 9.59 Å². The smallest absolute Gasteiger partial charge is 0.337 e. The maximum Gasteiger partial charge on any atom is 0.337 e. The van der Waals surface area contributed by atoms with Crippen LogP contribution in [0.15, 0.2) is 40.1 Å². The highest BCUT2D eigenvalue weighted by Crippen LogP contribution is 2.03. The summed E-state index contributed by atoms with van der Waals surface area (Å²) < 4.78 is 1.75. The van der Waals surface area contributed by atoms with Crippen LogP contribution in [-0.2, 0) is 6.54 Å². The van der Waals surface area contributed by atoms with Gasteiger partial charge in [-0.1, -0.05) is 0 Å². The molecule has 0 aliphatic carbocycles. The van der Waals surface area contributed by atoms with Crippen molar-refractivity contribution < 1.29 is 9.90 Å². The summed E-state index contributed by atoms with van der Waals surface area (Å²) in [5.41, 5.74) is 0.481. The molecule has 0 aliphatic rings. The first kappa shape index (κ1) is 12.4. The average molecular weight is 310 g/mol. The molecule has 0 amide bonds. The van der Waals surface area contributed by atoms with E-state index in [0.717, 1.165) is 0 Å². The summed E-state index contributed by atoms with van der Waals surface area (Å²) in [5.74, 6) is -1.03. The number of aromatic carboxylic acids is 1. The van der Waals surface area contributed by atoms with Crippen LogP contribution in [0.2, 0.25) is 0 Å². The molecule has 0 aromatic carbocycles. The van der Waals surface area contributed by atoms with Crippen molar-refractivity contribution in [3.63, 3.8) is 0 Å². The number of rotatable bonds is 3. The van der Waals surface area contributed by atoms with Crippen molar-refractivity contribution in [1.29, 1.82) is 0 Å². The van der Waals surface area contributed by atoms with Gasteiger partial charge in [0.1, 0.15) is 4.47 Å². The fraction of sp³-hybridized carbons (Fsp3) is 0.0909. The largest absolute Gasteiger partial charge is 0.478 e. The van der Waals surface area contributed by atoms with E-state index >= 15 is 0 Å². The van der Waals surface area contributed by atoms with E-state index in [1.54, 1.807) is 6.07 Å². The Balaban J connectivity index is 2.26. The fourth-order valence-electron chi connectivity index (χ4n) is 1.36. The first-order valence-corrected chi connectivity index (χ1v) is 5.75. The molecule has 2 aromatic heterocycles. The Morgan fingerprint density at radius 2 is 2.17 bits per heavy atom. The number of carboxylic acids is 1. The number of carbonyl (C=O) groups is 1. The molecule has 0 saturated carbocycles. The lowest BCUT2D eigenvalue weighted by Crippen LogP contribution is -2.21. The molecule has 2 rings (SSSR count). The zero-order valence-electron chi connectivity index (χ0n) is 9.08. The van der Waals surface area contributed by atoms with E-state index in [1.807, 2.05) is 0 Å². The summed E-state index contributed by atoms with van der Waals surface area (Å²) in [6, 6.07) is 3.01. The van der Waals surface area contributed by atoms with Gasteiger partial charge in [0, 0.05) is 12.4 Å². The van der Waals surface area contributed by atoms with Crippen molar-refractivity contribution in [3.8, 4) is 0 Å². The minimum atomic E-state index is -1.03. The summed E-state index contributed by atoms with van der Waals surface area (Å²) in [6.07, 6.45) is 4.08.